The van der Waals surface area contributed by atoms with Crippen molar-refractivity contribution < 1.29 is 18.3 Å². The van der Waals surface area contributed by atoms with Crippen molar-refractivity contribution in [3.8, 4) is 0 Å². The minimum absolute atomic E-state index is 0.0967. The quantitative estimate of drug-likeness (QED) is 0.281. The molecule has 0 saturated carbocycles. The maximum Gasteiger partial charge on any atom is 0.137 e. The number of nitrogens with zero attached hydrogens (tertiary/aromatic N) is 5. The first-order chi connectivity index (χ1) is 17.7. The highest BCUT2D eigenvalue weighted by molar-refractivity contribution is 6.31. The van der Waals surface area contributed by atoms with Gasteiger partial charge >= 0.3 is 0 Å². The monoisotopic (exact) mass is 526 g/mol. The molecule has 37 heavy (non-hydrogen) atoms. The Labute approximate surface area is 215 Å². The molecule has 0 radical (unpaired) electrons. The van der Waals surface area contributed by atoms with Crippen LogP contribution < -0.4 is 5.32 Å². The standard InChI is InChI=1S/C26H22ClF3N6O/c1-16(26(37,13-35-15-31-14-33-35)21-7-5-18(28)10-24(21)30)36-12-17-9-19(6-8-25(17)34-36)32-11-20-22(27)3-2-4-23(20)29/h2-10,12,14-16,32,37H,11,13H2,1H3/t16-,26-/m1/s1. The van der Waals surface area contributed by atoms with E-state index in [4.69, 9.17) is 11.6 Å². The third kappa shape index (κ3) is 4.90. The van der Waals surface area contributed by atoms with Crippen molar-refractivity contribution in [2.45, 2.75) is 31.7 Å². The fourth-order valence-electron chi connectivity index (χ4n) is 4.31. The lowest BCUT2D eigenvalue weighted by atomic mass is 9.86. The van der Waals surface area contributed by atoms with Gasteiger partial charge in [-0.1, -0.05) is 23.7 Å². The summed E-state index contributed by atoms with van der Waals surface area (Å²) >= 11 is 6.12. The number of aliphatic hydroxyl groups is 1. The Hall–Kier alpha value is -3.89. The van der Waals surface area contributed by atoms with Gasteiger partial charge in [0.15, 0.2) is 0 Å². The second kappa shape index (κ2) is 9.87. The molecule has 0 unspecified atom stereocenters. The number of fused-ring (bicyclic) bond motifs is 1. The molecule has 5 rings (SSSR count). The Morgan fingerprint density at radius 2 is 1.92 bits per heavy atom. The summed E-state index contributed by atoms with van der Waals surface area (Å²) in [5.74, 6) is -2.04. The van der Waals surface area contributed by atoms with Crippen LogP contribution in [0.3, 0.4) is 0 Å². The summed E-state index contributed by atoms with van der Waals surface area (Å²) < 4.78 is 45.5. The van der Waals surface area contributed by atoms with Gasteiger partial charge in [0.05, 0.1) is 18.1 Å². The van der Waals surface area contributed by atoms with Gasteiger partial charge in [0, 0.05) is 46.0 Å². The molecule has 2 N–H and O–H groups in total. The fraction of sp³-hybridized carbons (Fsp3) is 0.192. The number of hydrogen-bond donors (Lipinski definition) is 2. The molecular formula is C26H22ClF3N6O. The van der Waals surface area contributed by atoms with E-state index in [1.807, 2.05) is 6.07 Å². The summed E-state index contributed by atoms with van der Waals surface area (Å²) in [6.45, 7) is 1.72. The van der Waals surface area contributed by atoms with Gasteiger partial charge in [0.2, 0.25) is 0 Å². The van der Waals surface area contributed by atoms with Gasteiger partial charge in [-0.25, -0.2) is 22.8 Å². The molecule has 5 aromatic rings. The van der Waals surface area contributed by atoms with E-state index in [-0.39, 0.29) is 18.7 Å². The lowest BCUT2D eigenvalue weighted by Gasteiger charge is -2.34. The van der Waals surface area contributed by atoms with Crippen LogP contribution in [-0.4, -0.2) is 29.7 Å². The molecule has 0 aliphatic rings. The molecule has 0 bridgehead atoms. The van der Waals surface area contributed by atoms with E-state index in [2.05, 4.69) is 20.5 Å². The fourth-order valence-corrected chi connectivity index (χ4v) is 4.54. The molecule has 190 valence electrons. The van der Waals surface area contributed by atoms with Crippen molar-refractivity contribution in [3.63, 3.8) is 0 Å². The zero-order chi connectivity index (χ0) is 26.2. The van der Waals surface area contributed by atoms with Crippen LogP contribution in [0, 0.1) is 17.5 Å². The van der Waals surface area contributed by atoms with Gasteiger partial charge < -0.3 is 10.4 Å². The molecule has 2 heterocycles. The van der Waals surface area contributed by atoms with Crippen LogP contribution in [0.1, 0.15) is 24.1 Å². The first-order valence-corrected chi connectivity index (χ1v) is 11.8. The number of rotatable bonds is 8. The summed E-state index contributed by atoms with van der Waals surface area (Å²) in [5.41, 5.74) is -0.255. The van der Waals surface area contributed by atoms with E-state index in [1.54, 1.807) is 37.4 Å². The highest BCUT2D eigenvalue weighted by Crippen LogP contribution is 2.37. The zero-order valence-corrected chi connectivity index (χ0v) is 20.4. The third-order valence-electron chi connectivity index (χ3n) is 6.41. The smallest absolute Gasteiger partial charge is 0.137 e. The number of anilines is 1. The van der Waals surface area contributed by atoms with Gasteiger partial charge in [-0.3, -0.25) is 4.68 Å². The summed E-state index contributed by atoms with van der Waals surface area (Å²) in [6.07, 6.45) is 4.42. The van der Waals surface area contributed by atoms with Crippen LogP contribution in [0.15, 0.2) is 73.4 Å². The average molecular weight is 527 g/mol. The minimum atomic E-state index is -1.85. The van der Waals surface area contributed by atoms with E-state index >= 15 is 0 Å². The number of benzene rings is 3. The summed E-state index contributed by atoms with van der Waals surface area (Å²) in [6, 6.07) is 12.2. The highest BCUT2D eigenvalue weighted by atomic mass is 35.5. The molecule has 7 nitrogen and oxygen atoms in total. The summed E-state index contributed by atoms with van der Waals surface area (Å²) in [7, 11) is 0. The van der Waals surface area contributed by atoms with Crippen LogP contribution in [-0.2, 0) is 18.7 Å². The van der Waals surface area contributed by atoms with E-state index in [1.165, 1.54) is 34.2 Å². The topological polar surface area (TPSA) is 80.8 Å². The van der Waals surface area contributed by atoms with E-state index < -0.39 is 29.1 Å². The first-order valence-electron chi connectivity index (χ1n) is 11.4. The Bertz CT molecular complexity index is 1540. The minimum Gasteiger partial charge on any atom is -0.381 e. The molecule has 0 amide bonds. The van der Waals surface area contributed by atoms with Crippen LogP contribution in [0.2, 0.25) is 5.02 Å². The van der Waals surface area contributed by atoms with Crippen molar-refractivity contribution in [1.82, 2.24) is 24.5 Å². The van der Waals surface area contributed by atoms with Gasteiger partial charge in [-0.2, -0.15) is 10.2 Å². The molecule has 2 aromatic heterocycles. The van der Waals surface area contributed by atoms with Crippen molar-refractivity contribution in [2.75, 3.05) is 5.32 Å². The second-order valence-electron chi connectivity index (χ2n) is 8.75. The third-order valence-corrected chi connectivity index (χ3v) is 6.76. The van der Waals surface area contributed by atoms with E-state index in [0.29, 0.717) is 21.8 Å². The Balaban J connectivity index is 1.46. The normalized spacial score (nSPS) is 14.0. The zero-order valence-electron chi connectivity index (χ0n) is 19.6. The predicted molar refractivity (Wildman–Crippen MR) is 133 cm³/mol. The molecule has 3 aromatic carbocycles. The summed E-state index contributed by atoms with van der Waals surface area (Å²) in [5, 5.41) is 24.7. The van der Waals surface area contributed by atoms with Crippen molar-refractivity contribution in [2.24, 2.45) is 0 Å². The lowest BCUT2D eigenvalue weighted by Crippen LogP contribution is -2.40. The molecule has 0 spiro atoms. The van der Waals surface area contributed by atoms with Crippen LogP contribution >= 0.6 is 11.6 Å². The van der Waals surface area contributed by atoms with Gasteiger partial charge in [0.25, 0.3) is 0 Å². The van der Waals surface area contributed by atoms with E-state index in [0.717, 1.165) is 17.5 Å². The molecular weight excluding hydrogens is 505 g/mol. The summed E-state index contributed by atoms with van der Waals surface area (Å²) in [4.78, 5) is 3.89. The van der Waals surface area contributed by atoms with Gasteiger partial charge in [-0.15, -0.1) is 0 Å². The molecule has 11 heteroatoms. The molecule has 2 atom stereocenters. The number of hydrogen-bond acceptors (Lipinski definition) is 5. The Morgan fingerprint density at radius 1 is 1.08 bits per heavy atom. The largest absolute Gasteiger partial charge is 0.381 e. The Kier molecular flexibility index (Phi) is 6.61. The van der Waals surface area contributed by atoms with E-state index in [9.17, 15) is 18.3 Å². The maximum atomic E-state index is 14.9. The predicted octanol–water partition coefficient (Wildman–Crippen LogP) is 5.46. The first kappa shape index (κ1) is 24.8. The van der Waals surface area contributed by atoms with Crippen LogP contribution in [0.5, 0.6) is 0 Å². The lowest BCUT2D eigenvalue weighted by molar-refractivity contribution is -0.0366. The molecule has 0 aliphatic carbocycles. The highest BCUT2D eigenvalue weighted by Gasteiger charge is 2.40. The number of nitrogens with one attached hydrogen (secondary N) is 1. The van der Waals surface area contributed by atoms with Crippen LogP contribution in [0.4, 0.5) is 18.9 Å². The SMILES string of the molecule is C[C@@H](n1cc2cc(NCc3c(F)cccc3Cl)ccc2n1)[C@](O)(Cn1cncn1)c1ccc(F)cc1F. The number of aromatic nitrogens is 5. The van der Waals surface area contributed by atoms with Crippen LogP contribution in [0.25, 0.3) is 10.9 Å². The Morgan fingerprint density at radius 3 is 2.65 bits per heavy atom. The number of halogens is 4. The molecule has 0 saturated heterocycles. The maximum absolute atomic E-state index is 14.9. The molecule has 0 aliphatic heterocycles. The second-order valence-corrected chi connectivity index (χ2v) is 9.16. The average Bonchev–Trinajstić information content (AvgIpc) is 3.52. The van der Waals surface area contributed by atoms with Crippen molar-refractivity contribution >= 4 is 28.2 Å². The van der Waals surface area contributed by atoms with Crippen molar-refractivity contribution in [1.29, 1.82) is 0 Å². The van der Waals surface area contributed by atoms with Gasteiger partial charge in [-0.05, 0) is 43.3 Å². The van der Waals surface area contributed by atoms with Crippen molar-refractivity contribution in [3.05, 3.63) is 107 Å². The molecule has 0 fully saturated rings. The van der Waals surface area contributed by atoms with Gasteiger partial charge in [0.1, 0.15) is 35.7 Å².